The van der Waals surface area contributed by atoms with E-state index in [4.69, 9.17) is 5.73 Å². The topological polar surface area (TPSA) is 72.4 Å². The van der Waals surface area contributed by atoms with Gasteiger partial charge in [0.2, 0.25) is 0 Å². The first-order valence-electron chi connectivity index (χ1n) is 5.93. The first-order chi connectivity index (χ1) is 9.11. The summed E-state index contributed by atoms with van der Waals surface area (Å²) in [5.74, 6) is 0. The van der Waals surface area contributed by atoms with Crippen LogP contribution in [0.5, 0.6) is 0 Å². The summed E-state index contributed by atoms with van der Waals surface area (Å²) in [6, 6.07) is 8.95. The Hall–Kier alpha value is -2.08. The highest BCUT2D eigenvalue weighted by molar-refractivity contribution is 7.09. The van der Waals surface area contributed by atoms with Crippen LogP contribution in [0.1, 0.15) is 11.8 Å². The third kappa shape index (κ3) is 3.03. The van der Waals surface area contributed by atoms with E-state index < -0.39 is 4.92 Å². The van der Waals surface area contributed by atoms with Gasteiger partial charge in [-0.05, 0) is 30.5 Å². The molecule has 0 aliphatic carbocycles. The fraction of sp³-hybridized carbons (Fsp3) is 0.231. The first kappa shape index (κ1) is 13.4. The summed E-state index contributed by atoms with van der Waals surface area (Å²) in [4.78, 5) is 13.7. The van der Waals surface area contributed by atoms with Gasteiger partial charge in [0, 0.05) is 23.2 Å². The van der Waals surface area contributed by atoms with Gasteiger partial charge in [-0.15, -0.1) is 11.3 Å². The molecule has 0 bridgehead atoms. The molecule has 1 aromatic heterocycles. The molecule has 0 radical (unpaired) electrons. The molecule has 6 heteroatoms. The normalized spacial score (nSPS) is 10.4. The van der Waals surface area contributed by atoms with Crippen LogP contribution in [0.25, 0.3) is 0 Å². The monoisotopic (exact) mass is 277 g/mol. The third-order valence-electron chi connectivity index (χ3n) is 2.88. The average molecular weight is 277 g/mol. The molecule has 100 valence electrons. The van der Waals surface area contributed by atoms with Crippen molar-refractivity contribution in [2.75, 3.05) is 17.2 Å². The lowest BCUT2D eigenvalue weighted by atomic mass is 10.2. The molecule has 0 saturated carbocycles. The molecule has 2 rings (SSSR count). The Bertz CT molecular complexity index is 569. The second-order valence-corrected chi connectivity index (χ2v) is 5.13. The second-order valence-electron chi connectivity index (χ2n) is 4.09. The van der Waals surface area contributed by atoms with Crippen molar-refractivity contribution in [2.24, 2.45) is 0 Å². The summed E-state index contributed by atoms with van der Waals surface area (Å²) in [6.07, 6.45) is 0. The number of hydrogen-bond acceptors (Lipinski definition) is 5. The van der Waals surface area contributed by atoms with Gasteiger partial charge in [0.15, 0.2) is 0 Å². The Morgan fingerprint density at radius 3 is 2.74 bits per heavy atom. The standard InChI is InChI=1S/C13H15N3O2S/c1-2-15(9-11-4-3-7-19-11)10-5-6-13(16(17)18)12(14)8-10/h3-8H,2,9,14H2,1H3. The fourth-order valence-corrected chi connectivity index (χ4v) is 2.60. The van der Waals surface area contributed by atoms with Crippen LogP contribution in [0.15, 0.2) is 35.7 Å². The van der Waals surface area contributed by atoms with Gasteiger partial charge in [0.1, 0.15) is 5.69 Å². The molecule has 0 aliphatic heterocycles. The SMILES string of the molecule is CCN(Cc1cccs1)c1ccc([N+](=O)[O-])c(N)c1. The number of rotatable bonds is 5. The maximum absolute atomic E-state index is 10.7. The highest BCUT2D eigenvalue weighted by Gasteiger charge is 2.14. The minimum atomic E-state index is -0.464. The highest BCUT2D eigenvalue weighted by atomic mass is 32.1. The first-order valence-corrected chi connectivity index (χ1v) is 6.81. The number of nitro groups is 1. The lowest BCUT2D eigenvalue weighted by molar-refractivity contribution is -0.383. The van der Waals surface area contributed by atoms with E-state index in [0.29, 0.717) is 0 Å². The summed E-state index contributed by atoms with van der Waals surface area (Å²) in [6.45, 7) is 3.64. The number of nitrogens with zero attached hydrogens (tertiary/aromatic N) is 2. The van der Waals surface area contributed by atoms with Gasteiger partial charge in [0.25, 0.3) is 5.69 Å². The number of nitrogen functional groups attached to an aromatic ring is 1. The molecular formula is C13H15N3O2S. The number of hydrogen-bond donors (Lipinski definition) is 1. The Morgan fingerprint density at radius 1 is 1.42 bits per heavy atom. The number of thiophene rings is 1. The van der Waals surface area contributed by atoms with Crippen molar-refractivity contribution in [3.63, 3.8) is 0 Å². The summed E-state index contributed by atoms with van der Waals surface area (Å²) >= 11 is 1.69. The maximum Gasteiger partial charge on any atom is 0.292 e. The minimum absolute atomic E-state index is 0.0454. The molecule has 5 nitrogen and oxygen atoms in total. The van der Waals surface area contributed by atoms with E-state index in [2.05, 4.69) is 11.0 Å². The van der Waals surface area contributed by atoms with Crippen LogP contribution in [0, 0.1) is 10.1 Å². The van der Waals surface area contributed by atoms with Gasteiger partial charge < -0.3 is 10.6 Å². The number of anilines is 2. The Morgan fingerprint density at radius 2 is 2.21 bits per heavy atom. The molecule has 0 amide bonds. The Balaban J connectivity index is 2.23. The van der Waals surface area contributed by atoms with Crippen LogP contribution >= 0.6 is 11.3 Å². The third-order valence-corrected chi connectivity index (χ3v) is 3.74. The van der Waals surface area contributed by atoms with E-state index in [-0.39, 0.29) is 11.4 Å². The van der Waals surface area contributed by atoms with Crippen molar-refractivity contribution in [3.05, 3.63) is 50.7 Å². The molecule has 0 fully saturated rings. The Labute approximate surface area is 115 Å². The molecule has 0 spiro atoms. The van der Waals surface area contributed by atoms with Crippen molar-refractivity contribution in [1.82, 2.24) is 0 Å². The van der Waals surface area contributed by atoms with Crippen LogP contribution in [-0.2, 0) is 6.54 Å². The summed E-state index contributed by atoms with van der Waals surface area (Å²) < 4.78 is 0. The molecule has 1 heterocycles. The number of benzene rings is 1. The Kier molecular flexibility index (Phi) is 4.01. The lowest BCUT2D eigenvalue weighted by Crippen LogP contribution is -2.21. The maximum atomic E-state index is 10.7. The zero-order chi connectivity index (χ0) is 13.8. The summed E-state index contributed by atoms with van der Waals surface area (Å²) in [5, 5.41) is 12.8. The van der Waals surface area contributed by atoms with Crippen LogP contribution in [0.4, 0.5) is 17.1 Å². The largest absolute Gasteiger partial charge is 0.393 e. The quantitative estimate of drug-likeness (QED) is 0.517. The van der Waals surface area contributed by atoms with E-state index in [0.717, 1.165) is 18.8 Å². The average Bonchev–Trinajstić information content (AvgIpc) is 2.88. The predicted octanol–water partition coefficient (Wildman–Crippen LogP) is 3.27. The molecule has 0 aliphatic rings. The lowest BCUT2D eigenvalue weighted by Gasteiger charge is -2.22. The van der Waals surface area contributed by atoms with Crippen molar-refractivity contribution in [3.8, 4) is 0 Å². The number of nitrogens with two attached hydrogens (primary N) is 1. The van der Waals surface area contributed by atoms with Crippen molar-refractivity contribution in [1.29, 1.82) is 0 Å². The van der Waals surface area contributed by atoms with Gasteiger partial charge in [-0.3, -0.25) is 10.1 Å². The molecule has 0 saturated heterocycles. The van der Waals surface area contributed by atoms with Crippen molar-refractivity contribution in [2.45, 2.75) is 13.5 Å². The second kappa shape index (κ2) is 5.71. The highest BCUT2D eigenvalue weighted by Crippen LogP contribution is 2.28. The molecular weight excluding hydrogens is 262 g/mol. The molecule has 1 aromatic carbocycles. The van der Waals surface area contributed by atoms with E-state index in [1.807, 2.05) is 18.4 Å². The molecule has 0 unspecified atom stereocenters. The van der Waals surface area contributed by atoms with Gasteiger partial charge in [0.05, 0.1) is 11.5 Å². The zero-order valence-corrected chi connectivity index (χ0v) is 11.4. The zero-order valence-electron chi connectivity index (χ0n) is 10.6. The smallest absolute Gasteiger partial charge is 0.292 e. The molecule has 2 N–H and O–H groups in total. The van der Waals surface area contributed by atoms with Crippen LogP contribution < -0.4 is 10.6 Å². The summed E-state index contributed by atoms with van der Waals surface area (Å²) in [7, 11) is 0. The van der Waals surface area contributed by atoms with Crippen LogP contribution in [-0.4, -0.2) is 11.5 Å². The van der Waals surface area contributed by atoms with Gasteiger partial charge in [-0.25, -0.2) is 0 Å². The van der Waals surface area contributed by atoms with E-state index in [9.17, 15) is 10.1 Å². The van der Waals surface area contributed by atoms with Gasteiger partial charge in [-0.2, -0.15) is 0 Å². The van der Waals surface area contributed by atoms with Gasteiger partial charge >= 0.3 is 0 Å². The fourth-order valence-electron chi connectivity index (χ4n) is 1.88. The predicted molar refractivity (Wildman–Crippen MR) is 78.6 cm³/mol. The molecule has 2 aromatic rings. The van der Waals surface area contributed by atoms with Crippen LogP contribution in [0.3, 0.4) is 0 Å². The van der Waals surface area contributed by atoms with E-state index >= 15 is 0 Å². The van der Waals surface area contributed by atoms with Crippen LogP contribution in [0.2, 0.25) is 0 Å². The number of nitro benzene ring substituents is 1. The van der Waals surface area contributed by atoms with E-state index in [1.54, 1.807) is 23.5 Å². The summed E-state index contributed by atoms with van der Waals surface area (Å²) in [5.41, 5.74) is 6.78. The van der Waals surface area contributed by atoms with E-state index in [1.165, 1.54) is 10.9 Å². The van der Waals surface area contributed by atoms with Gasteiger partial charge in [-0.1, -0.05) is 6.07 Å². The van der Waals surface area contributed by atoms with Crippen molar-refractivity contribution < 1.29 is 4.92 Å². The minimum Gasteiger partial charge on any atom is -0.393 e. The van der Waals surface area contributed by atoms with Crippen molar-refractivity contribution >= 4 is 28.4 Å². The molecule has 0 atom stereocenters. The molecule has 19 heavy (non-hydrogen) atoms.